The van der Waals surface area contributed by atoms with Crippen LogP contribution in [0.4, 0.5) is 5.69 Å². The van der Waals surface area contributed by atoms with Gasteiger partial charge in [-0.2, -0.15) is 0 Å². The number of rotatable bonds is 5. The van der Waals surface area contributed by atoms with Crippen molar-refractivity contribution in [1.29, 1.82) is 0 Å². The number of hydrogen-bond donors (Lipinski definition) is 1. The van der Waals surface area contributed by atoms with Crippen molar-refractivity contribution in [2.24, 2.45) is 7.05 Å². The van der Waals surface area contributed by atoms with Gasteiger partial charge in [-0.1, -0.05) is 11.9 Å². The summed E-state index contributed by atoms with van der Waals surface area (Å²) in [5.74, 6) is 1.54. The van der Waals surface area contributed by atoms with Crippen LogP contribution in [-0.2, 0) is 7.05 Å². The molecule has 0 aliphatic heterocycles. The van der Waals surface area contributed by atoms with Gasteiger partial charge in [-0.3, -0.25) is 4.79 Å². The first-order valence-corrected chi connectivity index (χ1v) is 9.31. The van der Waals surface area contributed by atoms with E-state index in [1.165, 1.54) is 23.6 Å². The number of aryl methyl sites for hydroxylation is 1. The highest BCUT2D eigenvalue weighted by atomic mass is 32.2. The molecule has 0 amide bonds. The SMILES string of the molecule is COc1cc(-c2cc(NSC)cc3nc(C4CC4)oc23)cn(C)c1=O. The molecule has 0 unspecified atom stereocenters. The average molecular weight is 357 g/mol. The highest BCUT2D eigenvalue weighted by molar-refractivity contribution is 7.99. The topological polar surface area (TPSA) is 69.3 Å². The Hall–Kier alpha value is -2.41. The van der Waals surface area contributed by atoms with Gasteiger partial charge in [0.15, 0.2) is 17.2 Å². The first-order valence-electron chi connectivity index (χ1n) is 8.09. The number of nitrogens with one attached hydrogen (secondary N) is 1. The summed E-state index contributed by atoms with van der Waals surface area (Å²) < 4.78 is 16.1. The normalized spacial score (nSPS) is 14.0. The van der Waals surface area contributed by atoms with E-state index in [1.807, 2.05) is 18.4 Å². The third kappa shape index (κ3) is 2.89. The van der Waals surface area contributed by atoms with Crippen LogP contribution < -0.4 is 15.0 Å². The predicted molar refractivity (Wildman–Crippen MR) is 100 cm³/mol. The van der Waals surface area contributed by atoms with Crippen LogP contribution in [0.3, 0.4) is 0 Å². The van der Waals surface area contributed by atoms with E-state index in [0.717, 1.165) is 46.6 Å². The van der Waals surface area contributed by atoms with Crippen LogP contribution in [0.5, 0.6) is 5.75 Å². The van der Waals surface area contributed by atoms with Crippen molar-refractivity contribution in [1.82, 2.24) is 9.55 Å². The van der Waals surface area contributed by atoms with Gasteiger partial charge in [-0.05, 0) is 31.0 Å². The summed E-state index contributed by atoms with van der Waals surface area (Å²) in [4.78, 5) is 16.8. The second-order valence-corrected chi connectivity index (χ2v) is 6.83. The Morgan fingerprint density at radius 2 is 2.16 bits per heavy atom. The molecule has 7 heteroatoms. The van der Waals surface area contributed by atoms with Gasteiger partial charge < -0.3 is 18.4 Å². The Labute approximate surface area is 149 Å². The number of oxazole rings is 1. The molecule has 1 aliphatic rings. The van der Waals surface area contributed by atoms with E-state index in [-0.39, 0.29) is 5.56 Å². The smallest absolute Gasteiger partial charge is 0.292 e. The molecule has 1 aliphatic carbocycles. The molecule has 130 valence electrons. The summed E-state index contributed by atoms with van der Waals surface area (Å²) in [6.07, 6.45) is 6.02. The molecule has 0 radical (unpaired) electrons. The molecule has 1 saturated carbocycles. The summed E-state index contributed by atoms with van der Waals surface area (Å²) >= 11 is 1.52. The molecule has 0 spiro atoms. The fourth-order valence-corrected chi connectivity index (χ4v) is 3.27. The zero-order valence-corrected chi connectivity index (χ0v) is 15.1. The Morgan fingerprint density at radius 3 is 2.84 bits per heavy atom. The van der Waals surface area contributed by atoms with Gasteiger partial charge in [0.2, 0.25) is 0 Å². The Bertz CT molecular complexity index is 1000. The van der Waals surface area contributed by atoms with Crippen molar-refractivity contribution >= 4 is 28.7 Å². The van der Waals surface area contributed by atoms with E-state index in [4.69, 9.17) is 9.15 Å². The molecule has 2 aromatic heterocycles. The third-order valence-electron chi connectivity index (χ3n) is 4.33. The van der Waals surface area contributed by atoms with Crippen molar-refractivity contribution < 1.29 is 9.15 Å². The molecule has 1 fully saturated rings. The number of anilines is 1. The molecule has 0 atom stereocenters. The number of aromatic nitrogens is 2. The standard InChI is InChI=1S/C18H19N3O3S/c1-21-9-11(6-15(23-2)18(21)22)13-7-12(20-25-3)8-14-16(13)24-17(19-14)10-4-5-10/h6-10,20H,4-5H2,1-3H3. The summed E-state index contributed by atoms with van der Waals surface area (Å²) in [7, 11) is 3.22. The lowest BCUT2D eigenvalue weighted by Gasteiger charge is -2.10. The van der Waals surface area contributed by atoms with Crippen LogP contribution in [0, 0.1) is 0 Å². The minimum Gasteiger partial charge on any atom is -0.491 e. The maximum atomic E-state index is 12.1. The maximum absolute atomic E-state index is 12.1. The summed E-state index contributed by atoms with van der Waals surface area (Å²) in [6, 6.07) is 5.75. The average Bonchev–Trinajstić information content (AvgIpc) is 3.36. The van der Waals surface area contributed by atoms with Crippen LogP contribution in [0.1, 0.15) is 24.7 Å². The third-order valence-corrected chi connectivity index (χ3v) is 4.77. The monoisotopic (exact) mass is 357 g/mol. The van der Waals surface area contributed by atoms with Gasteiger partial charge >= 0.3 is 0 Å². The molecule has 6 nitrogen and oxygen atoms in total. The van der Waals surface area contributed by atoms with Crippen LogP contribution in [-0.4, -0.2) is 22.9 Å². The lowest BCUT2D eigenvalue weighted by Crippen LogP contribution is -2.17. The van der Waals surface area contributed by atoms with Crippen molar-refractivity contribution in [3.63, 3.8) is 0 Å². The number of ether oxygens (including phenoxy) is 1. The van der Waals surface area contributed by atoms with Crippen molar-refractivity contribution in [3.05, 3.63) is 40.6 Å². The van der Waals surface area contributed by atoms with Crippen molar-refractivity contribution in [3.8, 4) is 16.9 Å². The second kappa shape index (κ2) is 6.15. The predicted octanol–water partition coefficient (Wildman–Crippen LogP) is 3.77. The van der Waals surface area contributed by atoms with Gasteiger partial charge in [0, 0.05) is 42.2 Å². The zero-order valence-electron chi connectivity index (χ0n) is 14.3. The molecule has 4 rings (SSSR count). The fraction of sp³-hybridized carbons (Fsp3) is 0.333. The molecule has 2 heterocycles. The molecule has 0 bridgehead atoms. The van der Waals surface area contributed by atoms with Crippen molar-refractivity contribution in [2.45, 2.75) is 18.8 Å². The Morgan fingerprint density at radius 1 is 1.36 bits per heavy atom. The van der Waals surface area contributed by atoms with Crippen LogP contribution in [0.15, 0.2) is 33.6 Å². The summed E-state index contributed by atoms with van der Waals surface area (Å²) in [6.45, 7) is 0. The highest BCUT2D eigenvalue weighted by Gasteiger charge is 2.29. The van der Waals surface area contributed by atoms with Gasteiger partial charge in [-0.25, -0.2) is 4.98 Å². The number of pyridine rings is 1. The molecular formula is C18H19N3O3S. The van der Waals surface area contributed by atoms with Crippen molar-refractivity contribution in [2.75, 3.05) is 18.1 Å². The number of nitrogens with zero attached hydrogens (tertiary/aromatic N) is 2. The number of benzene rings is 1. The van der Waals surface area contributed by atoms with E-state index >= 15 is 0 Å². The van der Waals surface area contributed by atoms with Gasteiger partial charge in [0.05, 0.1) is 7.11 Å². The quantitative estimate of drug-likeness (QED) is 0.701. The largest absolute Gasteiger partial charge is 0.491 e. The van der Waals surface area contributed by atoms with E-state index in [2.05, 4.69) is 9.71 Å². The fourth-order valence-electron chi connectivity index (χ4n) is 2.92. The van der Waals surface area contributed by atoms with Crippen LogP contribution in [0.2, 0.25) is 0 Å². The molecule has 3 aromatic rings. The van der Waals surface area contributed by atoms with Gasteiger partial charge in [-0.15, -0.1) is 0 Å². The molecule has 0 saturated heterocycles. The van der Waals surface area contributed by atoms with Gasteiger partial charge in [0.25, 0.3) is 5.56 Å². The van der Waals surface area contributed by atoms with Crippen LogP contribution in [0.25, 0.3) is 22.2 Å². The minimum absolute atomic E-state index is 0.169. The molecular weight excluding hydrogens is 338 g/mol. The summed E-state index contributed by atoms with van der Waals surface area (Å²) in [5, 5.41) is 0. The zero-order chi connectivity index (χ0) is 17.6. The van der Waals surface area contributed by atoms with Crippen LogP contribution >= 0.6 is 11.9 Å². The number of hydrogen-bond acceptors (Lipinski definition) is 6. The molecule has 1 N–H and O–H groups in total. The second-order valence-electron chi connectivity index (χ2n) is 6.22. The number of fused-ring (bicyclic) bond motifs is 1. The van der Waals surface area contributed by atoms with E-state index in [0.29, 0.717) is 11.7 Å². The first kappa shape index (κ1) is 16.1. The maximum Gasteiger partial charge on any atom is 0.292 e. The van der Waals surface area contributed by atoms with Gasteiger partial charge in [0.1, 0.15) is 5.52 Å². The van der Waals surface area contributed by atoms with E-state index in [9.17, 15) is 4.79 Å². The first-order chi connectivity index (χ1) is 12.1. The Kier molecular flexibility index (Phi) is 3.95. The molecule has 1 aromatic carbocycles. The lowest BCUT2D eigenvalue weighted by molar-refractivity contribution is 0.405. The molecule has 25 heavy (non-hydrogen) atoms. The summed E-state index contributed by atoms with van der Waals surface area (Å²) in [5.41, 5.74) is 4.09. The Balaban J connectivity index is 1.95. The highest BCUT2D eigenvalue weighted by Crippen LogP contribution is 2.42. The number of methoxy groups -OCH3 is 1. The lowest BCUT2D eigenvalue weighted by atomic mass is 10.1. The van der Waals surface area contributed by atoms with E-state index < -0.39 is 0 Å². The minimum atomic E-state index is -0.169. The van der Waals surface area contributed by atoms with E-state index in [1.54, 1.807) is 19.3 Å².